The fourth-order valence-corrected chi connectivity index (χ4v) is 5.45. The number of aryl methyl sites for hydroxylation is 1. The summed E-state index contributed by atoms with van der Waals surface area (Å²) in [6.45, 7) is 1.93. The molecule has 0 N–H and O–H groups in total. The van der Waals surface area contributed by atoms with E-state index in [2.05, 4.69) is 0 Å². The average molecular weight is 505 g/mol. The normalized spacial score (nSPS) is 11.2. The van der Waals surface area contributed by atoms with Crippen LogP contribution < -0.4 is 9.21 Å². The van der Waals surface area contributed by atoms with Crippen molar-refractivity contribution in [3.05, 3.63) is 125 Å². The molecule has 178 valence electrons. The number of amides is 1. The Kier molecular flexibility index (Phi) is 7.24. The Morgan fingerprint density at radius 3 is 2.06 bits per heavy atom. The second-order valence-electron chi connectivity index (χ2n) is 8.15. The van der Waals surface area contributed by atoms with Gasteiger partial charge < -0.3 is 4.90 Å². The summed E-state index contributed by atoms with van der Waals surface area (Å²) >= 11 is 6.23. The van der Waals surface area contributed by atoms with Gasteiger partial charge >= 0.3 is 0 Å². The number of halogens is 1. The van der Waals surface area contributed by atoms with Crippen LogP contribution in [0, 0.1) is 6.92 Å². The zero-order valence-corrected chi connectivity index (χ0v) is 21.0. The van der Waals surface area contributed by atoms with Gasteiger partial charge in [0.15, 0.2) is 0 Å². The van der Waals surface area contributed by atoms with Crippen LogP contribution in [0.1, 0.15) is 21.5 Å². The molecule has 0 unspecified atom stereocenters. The summed E-state index contributed by atoms with van der Waals surface area (Å²) in [7, 11) is -2.14. The molecule has 0 aromatic heterocycles. The summed E-state index contributed by atoms with van der Waals surface area (Å²) in [4.78, 5) is 14.7. The van der Waals surface area contributed by atoms with E-state index in [1.807, 2.05) is 37.3 Å². The molecule has 35 heavy (non-hydrogen) atoms. The topological polar surface area (TPSA) is 57.7 Å². The first-order valence-corrected chi connectivity index (χ1v) is 12.8. The molecule has 0 atom stereocenters. The van der Waals surface area contributed by atoms with Crippen molar-refractivity contribution in [2.75, 3.05) is 16.3 Å². The lowest BCUT2D eigenvalue weighted by atomic mass is 10.1. The van der Waals surface area contributed by atoms with Crippen LogP contribution in [0.15, 0.2) is 108 Å². The minimum atomic E-state index is -3.87. The van der Waals surface area contributed by atoms with E-state index < -0.39 is 10.0 Å². The molecule has 4 rings (SSSR count). The van der Waals surface area contributed by atoms with Crippen molar-refractivity contribution < 1.29 is 13.2 Å². The Hall–Kier alpha value is -3.61. The van der Waals surface area contributed by atoms with E-state index >= 15 is 0 Å². The van der Waals surface area contributed by atoms with Crippen LogP contribution >= 0.6 is 11.6 Å². The number of hydrogen-bond donors (Lipinski definition) is 0. The van der Waals surface area contributed by atoms with E-state index in [4.69, 9.17) is 11.6 Å². The van der Waals surface area contributed by atoms with Gasteiger partial charge in [0.05, 0.1) is 17.1 Å². The van der Waals surface area contributed by atoms with Crippen molar-refractivity contribution >= 4 is 38.9 Å². The molecular weight excluding hydrogens is 480 g/mol. The van der Waals surface area contributed by atoms with Crippen molar-refractivity contribution in [2.24, 2.45) is 0 Å². The molecule has 0 aliphatic carbocycles. The molecule has 4 aromatic carbocycles. The van der Waals surface area contributed by atoms with E-state index in [-0.39, 0.29) is 17.3 Å². The molecule has 0 bridgehead atoms. The van der Waals surface area contributed by atoms with Gasteiger partial charge in [-0.1, -0.05) is 66.2 Å². The molecule has 0 aliphatic rings. The number of anilines is 2. The zero-order valence-electron chi connectivity index (χ0n) is 19.4. The Labute approximate surface area is 211 Å². The van der Waals surface area contributed by atoms with Gasteiger partial charge in [-0.2, -0.15) is 0 Å². The van der Waals surface area contributed by atoms with Gasteiger partial charge in [0.2, 0.25) is 0 Å². The highest BCUT2D eigenvalue weighted by atomic mass is 35.5. The van der Waals surface area contributed by atoms with Crippen molar-refractivity contribution in [1.82, 2.24) is 0 Å². The molecule has 5 nitrogen and oxygen atoms in total. The van der Waals surface area contributed by atoms with E-state index in [1.165, 1.54) is 4.31 Å². The molecular formula is C28H25ClN2O3S. The summed E-state index contributed by atoms with van der Waals surface area (Å²) in [5.74, 6) is -0.151. The average Bonchev–Trinajstić information content (AvgIpc) is 2.89. The molecule has 0 saturated carbocycles. The second-order valence-corrected chi connectivity index (χ2v) is 10.5. The maximum atomic E-state index is 13.6. The summed E-state index contributed by atoms with van der Waals surface area (Å²) in [5, 5.41) is 0.448. The first-order valence-electron chi connectivity index (χ1n) is 11.0. The monoisotopic (exact) mass is 504 g/mol. The molecule has 7 heteroatoms. The maximum absolute atomic E-state index is 13.6. The number of para-hydroxylation sites is 1. The fraction of sp³-hybridized carbons (Fsp3) is 0.107. The van der Waals surface area contributed by atoms with Crippen LogP contribution in [0.4, 0.5) is 11.4 Å². The summed E-state index contributed by atoms with van der Waals surface area (Å²) < 4.78 is 28.6. The van der Waals surface area contributed by atoms with Crippen molar-refractivity contribution in [1.29, 1.82) is 0 Å². The summed E-state index contributed by atoms with van der Waals surface area (Å²) in [6.07, 6.45) is 0. The number of nitrogens with zero attached hydrogens (tertiary/aromatic N) is 2. The van der Waals surface area contributed by atoms with Gasteiger partial charge in [0, 0.05) is 23.3 Å². The summed E-state index contributed by atoms with van der Waals surface area (Å²) in [6, 6.07) is 29.9. The van der Waals surface area contributed by atoms with E-state index in [0.717, 1.165) is 16.8 Å². The first kappa shape index (κ1) is 24.5. The SMILES string of the molecule is Cc1ccc(Cl)cc1N(Cc1ccc(C(=O)N(C)c2ccccc2)cc1)S(=O)(=O)c1ccccc1. The zero-order chi connectivity index (χ0) is 25.0. The van der Waals surface area contributed by atoms with Gasteiger partial charge in [-0.15, -0.1) is 0 Å². The molecule has 4 aromatic rings. The number of benzene rings is 4. The molecule has 0 spiro atoms. The summed E-state index contributed by atoms with van der Waals surface area (Å²) in [5.41, 5.74) is 3.33. The van der Waals surface area contributed by atoms with Crippen LogP contribution in [0.3, 0.4) is 0 Å². The Morgan fingerprint density at radius 2 is 1.43 bits per heavy atom. The minimum Gasteiger partial charge on any atom is -0.311 e. The molecule has 0 heterocycles. The number of hydrogen-bond acceptors (Lipinski definition) is 3. The highest BCUT2D eigenvalue weighted by Crippen LogP contribution is 2.31. The van der Waals surface area contributed by atoms with Gasteiger partial charge in [-0.3, -0.25) is 9.10 Å². The van der Waals surface area contributed by atoms with Gasteiger partial charge in [-0.25, -0.2) is 8.42 Å². The van der Waals surface area contributed by atoms with Gasteiger partial charge in [-0.05, 0) is 66.6 Å². The van der Waals surface area contributed by atoms with Gasteiger partial charge in [0.25, 0.3) is 15.9 Å². The minimum absolute atomic E-state index is 0.0847. The number of sulfonamides is 1. The van der Waals surface area contributed by atoms with Crippen molar-refractivity contribution in [3.63, 3.8) is 0 Å². The van der Waals surface area contributed by atoms with Gasteiger partial charge in [0.1, 0.15) is 0 Å². The highest BCUT2D eigenvalue weighted by Gasteiger charge is 2.26. The van der Waals surface area contributed by atoms with Crippen LogP contribution in [0.25, 0.3) is 0 Å². The lowest BCUT2D eigenvalue weighted by Crippen LogP contribution is -2.31. The van der Waals surface area contributed by atoms with E-state index in [9.17, 15) is 13.2 Å². The Balaban J connectivity index is 1.66. The fourth-order valence-electron chi connectivity index (χ4n) is 3.75. The first-order chi connectivity index (χ1) is 16.8. The largest absolute Gasteiger partial charge is 0.311 e. The third-order valence-corrected chi connectivity index (χ3v) is 7.76. The number of rotatable bonds is 7. The predicted molar refractivity (Wildman–Crippen MR) is 142 cm³/mol. The van der Waals surface area contributed by atoms with Crippen LogP contribution in [-0.2, 0) is 16.6 Å². The number of carbonyl (C=O) groups excluding carboxylic acids is 1. The number of carbonyl (C=O) groups is 1. The Morgan fingerprint density at radius 1 is 0.829 bits per heavy atom. The maximum Gasteiger partial charge on any atom is 0.264 e. The molecule has 0 saturated heterocycles. The van der Waals surface area contributed by atoms with Crippen LogP contribution in [-0.4, -0.2) is 21.4 Å². The van der Waals surface area contributed by atoms with Crippen molar-refractivity contribution in [2.45, 2.75) is 18.4 Å². The lowest BCUT2D eigenvalue weighted by molar-refractivity contribution is 0.0993. The highest BCUT2D eigenvalue weighted by molar-refractivity contribution is 7.92. The third kappa shape index (κ3) is 5.39. The quantitative estimate of drug-likeness (QED) is 0.296. The molecule has 0 fully saturated rings. The smallest absolute Gasteiger partial charge is 0.264 e. The van der Waals surface area contributed by atoms with Crippen LogP contribution in [0.2, 0.25) is 5.02 Å². The van der Waals surface area contributed by atoms with E-state index in [0.29, 0.717) is 16.3 Å². The lowest BCUT2D eigenvalue weighted by Gasteiger charge is -2.26. The third-order valence-electron chi connectivity index (χ3n) is 5.75. The Bertz CT molecular complexity index is 1420. The van der Waals surface area contributed by atoms with Crippen molar-refractivity contribution in [3.8, 4) is 0 Å². The van der Waals surface area contributed by atoms with Crippen LogP contribution in [0.5, 0.6) is 0 Å². The second kappa shape index (κ2) is 10.3. The molecule has 0 radical (unpaired) electrons. The predicted octanol–water partition coefficient (Wildman–Crippen LogP) is 6.32. The molecule has 0 aliphatic heterocycles. The molecule has 1 amide bonds. The standard InChI is InChI=1S/C28H25ClN2O3S/c1-21-13-18-24(29)19-27(21)31(35(33,34)26-11-7-4-8-12-26)20-22-14-16-23(17-15-22)28(32)30(2)25-9-5-3-6-10-25/h3-19H,20H2,1-2H3. The van der Waals surface area contributed by atoms with E-state index in [1.54, 1.807) is 84.7 Å².